The van der Waals surface area contributed by atoms with Crippen LogP contribution in [-0.4, -0.2) is 18.0 Å². The third-order valence-electron chi connectivity index (χ3n) is 4.48. The fraction of sp³-hybridized carbons (Fsp3) is 0.0435. The Kier molecular flexibility index (Phi) is 7.22. The molecule has 0 aliphatic carbocycles. The van der Waals surface area contributed by atoms with Crippen LogP contribution in [-0.2, 0) is 4.79 Å². The third kappa shape index (κ3) is 5.02. The number of methoxy groups -OCH3 is 1. The van der Waals surface area contributed by atoms with Gasteiger partial charge in [0.05, 0.1) is 28.0 Å². The average molecular weight is 613 g/mol. The SMILES string of the molecule is COc1c(Cl)cc(Cl)cc1/C=C/C(=O)Nc1c(Br)cc(Br)cc1-c1nc2ccccc2s1. The van der Waals surface area contributed by atoms with Crippen LogP contribution in [0.5, 0.6) is 5.75 Å². The highest BCUT2D eigenvalue weighted by Crippen LogP contribution is 2.40. The normalized spacial score (nSPS) is 11.3. The zero-order valence-electron chi connectivity index (χ0n) is 16.5. The van der Waals surface area contributed by atoms with Crippen molar-refractivity contribution in [2.24, 2.45) is 0 Å². The van der Waals surface area contributed by atoms with Crippen molar-refractivity contribution in [3.63, 3.8) is 0 Å². The quantitative estimate of drug-likeness (QED) is 0.230. The van der Waals surface area contributed by atoms with Crippen molar-refractivity contribution in [1.82, 2.24) is 4.98 Å². The number of carbonyl (C=O) groups is 1. The molecule has 0 saturated carbocycles. The summed E-state index contributed by atoms with van der Waals surface area (Å²) in [5.41, 5.74) is 2.93. The van der Waals surface area contributed by atoms with E-state index in [9.17, 15) is 4.79 Å². The van der Waals surface area contributed by atoms with Gasteiger partial charge in [-0.15, -0.1) is 11.3 Å². The summed E-state index contributed by atoms with van der Waals surface area (Å²) in [5, 5.41) is 4.57. The molecule has 4 nitrogen and oxygen atoms in total. The van der Waals surface area contributed by atoms with Gasteiger partial charge in [-0.1, -0.05) is 51.3 Å². The Bertz CT molecular complexity index is 1340. The first-order valence-electron chi connectivity index (χ1n) is 9.23. The minimum Gasteiger partial charge on any atom is -0.495 e. The first kappa shape index (κ1) is 23.3. The van der Waals surface area contributed by atoms with Gasteiger partial charge in [0.2, 0.25) is 5.91 Å². The maximum Gasteiger partial charge on any atom is 0.248 e. The van der Waals surface area contributed by atoms with Crippen LogP contribution < -0.4 is 10.1 Å². The molecule has 0 saturated heterocycles. The number of rotatable bonds is 5. The molecule has 3 aromatic carbocycles. The second-order valence-corrected chi connectivity index (χ2v) is 10.3. The Labute approximate surface area is 215 Å². The highest BCUT2D eigenvalue weighted by molar-refractivity contribution is 9.11. The van der Waals surface area contributed by atoms with Gasteiger partial charge >= 0.3 is 0 Å². The molecule has 4 rings (SSSR count). The number of fused-ring (bicyclic) bond motifs is 1. The van der Waals surface area contributed by atoms with Gasteiger partial charge in [-0.25, -0.2) is 4.98 Å². The number of amides is 1. The molecule has 0 aliphatic rings. The number of halogens is 4. The number of aromatic nitrogens is 1. The molecule has 0 fully saturated rings. The smallest absolute Gasteiger partial charge is 0.248 e. The van der Waals surface area contributed by atoms with E-state index in [1.54, 1.807) is 29.5 Å². The molecular formula is C23H14Br2Cl2N2O2S. The van der Waals surface area contributed by atoms with Crippen molar-refractivity contribution in [1.29, 1.82) is 0 Å². The molecule has 0 unspecified atom stereocenters. The van der Waals surface area contributed by atoms with E-state index in [-0.39, 0.29) is 5.91 Å². The number of anilines is 1. The summed E-state index contributed by atoms with van der Waals surface area (Å²) in [6.07, 6.45) is 3.01. The highest BCUT2D eigenvalue weighted by atomic mass is 79.9. The van der Waals surface area contributed by atoms with E-state index in [0.29, 0.717) is 27.0 Å². The maximum atomic E-state index is 12.8. The second-order valence-electron chi connectivity index (χ2n) is 6.63. The first-order valence-corrected chi connectivity index (χ1v) is 12.4. The summed E-state index contributed by atoms with van der Waals surface area (Å²) in [6, 6.07) is 15.0. The Hall–Kier alpha value is -1.90. The topological polar surface area (TPSA) is 51.2 Å². The number of benzene rings is 3. The number of carbonyl (C=O) groups excluding carboxylic acids is 1. The predicted molar refractivity (Wildman–Crippen MR) is 141 cm³/mol. The van der Waals surface area contributed by atoms with E-state index < -0.39 is 0 Å². The number of nitrogens with zero attached hydrogens (tertiary/aromatic N) is 1. The second kappa shape index (κ2) is 9.93. The van der Waals surface area contributed by atoms with Crippen molar-refractivity contribution in [3.05, 3.63) is 79.2 Å². The largest absolute Gasteiger partial charge is 0.495 e. The molecular weight excluding hydrogens is 599 g/mol. The Balaban J connectivity index is 1.68. The van der Waals surface area contributed by atoms with Crippen LogP contribution in [0.3, 0.4) is 0 Å². The number of nitrogens with one attached hydrogen (secondary N) is 1. The zero-order chi connectivity index (χ0) is 22.8. The van der Waals surface area contributed by atoms with Crippen LogP contribution in [0.1, 0.15) is 5.56 Å². The van der Waals surface area contributed by atoms with E-state index in [0.717, 1.165) is 29.7 Å². The molecule has 162 valence electrons. The molecule has 32 heavy (non-hydrogen) atoms. The Morgan fingerprint density at radius 3 is 2.69 bits per heavy atom. The standard InChI is InChI=1S/C23H14Br2Cl2N2O2S/c1-31-22-12(8-14(26)11-17(22)27)6-7-20(30)29-21-15(9-13(24)10-16(21)25)23-28-18-4-2-3-5-19(18)32-23/h2-11H,1H3,(H,29,30)/b7-6+. The number of thiazole rings is 1. The predicted octanol–water partition coefficient (Wildman–Crippen LogP) is 8.46. The minimum atomic E-state index is -0.325. The summed E-state index contributed by atoms with van der Waals surface area (Å²) in [4.78, 5) is 17.5. The monoisotopic (exact) mass is 610 g/mol. The number of hydrogen-bond donors (Lipinski definition) is 1. The van der Waals surface area contributed by atoms with Gasteiger partial charge in [0.15, 0.2) is 0 Å². The molecule has 1 amide bonds. The number of hydrogen-bond acceptors (Lipinski definition) is 4. The van der Waals surface area contributed by atoms with Crippen molar-refractivity contribution in [2.75, 3.05) is 12.4 Å². The molecule has 9 heteroatoms. The highest BCUT2D eigenvalue weighted by Gasteiger charge is 2.16. The van der Waals surface area contributed by atoms with Crippen LogP contribution in [0.15, 0.2) is 63.6 Å². The molecule has 0 atom stereocenters. The van der Waals surface area contributed by atoms with E-state index >= 15 is 0 Å². The summed E-state index contributed by atoms with van der Waals surface area (Å²) in [6.45, 7) is 0. The molecule has 4 aromatic rings. The van der Waals surface area contributed by atoms with Crippen LogP contribution in [0.25, 0.3) is 26.9 Å². The van der Waals surface area contributed by atoms with Gasteiger partial charge in [0.1, 0.15) is 10.8 Å². The Morgan fingerprint density at radius 2 is 1.94 bits per heavy atom. The van der Waals surface area contributed by atoms with Crippen molar-refractivity contribution in [2.45, 2.75) is 0 Å². The average Bonchev–Trinajstić information content (AvgIpc) is 3.17. The van der Waals surface area contributed by atoms with Gasteiger partial charge in [0.25, 0.3) is 0 Å². The first-order chi connectivity index (χ1) is 15.4. The van der Waals surface area contributed by atoms with Crippen LogP contribution in [0, 0.1) is 0 Å². The molecule has 1 N–H and O–H groups in total. The lowest BCUT2D eigenvalue weighted by Crippen LogP contribution is -2.09. The van der Waals surface area contributed by atoms with Gasteiger partial charge < -0.3 is 10.1 Å². The molecule has 0 bridgehead atoms. The van der Waals surface area contributed by atoms with Crippen molar-refractivity contribution >= 4 is 94.3 Å². The van der Waals surface area contributed by atoms with Crippen LogP contribution in [0.2, 0.25) is 10.0 Å². The lowest BCUT2D eigenvalue weighted by molar-refractivity contribution is -0.111. The van der Waals surface area contributed by atoms with Gasteiger partial charge in [0, 0.05) is 31.2 Å². The Morgan fingerprint density at radius 1 is 1.16 bits per heavy atom. The molecule has 0 aliphatic heterocycles. The fourth-order valence-electron chi connectivity index (χ4n) is 3.11. The number of para-hydroxylation sites is 1. The zero-order valence-corrected chi connectivity index (χ0v) is 22.0. The van der Waals surface area contributed by atoms with E-state index in [1.165, 1.54) is 13.2 Å². The minimum absolute atomic E-state index is 0.325. The summed E-state index contributed by atoms with van der Waals surface area (Å²) < 4.78 is 7.99. The molecule has 0 radical (unpaired) electrons. The van der Waals surface area contributed by atoms with Crippen molar-refractivity contribution in [3.8, 4) is 16.3 Å². The lowest BCUT2D eigenvalue weighted by atomic mass is 10.1. The summed E-state index contributed by atoms with van der Waals surface area (Å²) >= 11 is 20.9. The van der Waals surface area contributed by atoms with Crippen LogP contribution in [0.4, 0.5) is 5.69 Å². The summed E-state index contributed by atoms with van der Waals surface area (Å²) in [7, 11) is 1.51. The van der Waals surface area contributed by atoms with Crippen molar-refractivity contribution < 1.29 is 9.53 Å². The number of ether oxygens (including phenoxy) is 1. The molecule has 1 aromatic heterocycles. The maximum absolute atomic E-state index is 12.8. The van der Waals surface area contributed by atoms with E-state index in [2.05, 4.69) is 37.2 Å². The van der Waals surface area contributed by atoms with Gasteiger partial charge in [-0.05, 0) is 58.4 Å². The van der Waals surface area contributed by atoms with E-state index in [4.69, 9.17) is 32.9 Å². The fourth-order valence-corrected chi connectivity index (χ4v) is 6.01. The molecule has 1 heterocycles. The van der Waals surface area contributed by atoms with Gasteiger partial charge in [-0.2, -0.15) is 0 Å². The summed E-state index contributed by atoms with van der Waals surface area (Å²) in [5.74, 6) is 0.119. The van der Waals surface area contributed by atoms with Gasteiger partial charge in [-0.3, -0.25) is 4.79 Å². The third-order valence-corrected chi connectivity index (χ3v) is 7.13. The van der Waals surface area contributed by atoms with E-state index in [1.807, 2.05) is 36.4 Å². The lowest BCUT2D eigenvalue weighted by Gasteiger charge is -2.12. The van der Waals surface area contributed by atoms with Crippen LogP contribution >= 0.6 is 66.4 Å². The molecule has 0 spiro atoms.